The normalized spacial score (nSPS) is 18.2. The average Bonchev–Trinajstić information content (AvgIpc) is 3.62. The number of azide groups is 1. The summed E-state index contributed by atoms with van der Waals surface area (Å²) in [6, 6.07) is -1.01. The Labute approximate surface area is 425 Å². The Bertz CT molecular complexity index is 1590. The fourth-order valence-corrected chi connectivity index (χ4v) is 9.30. The van der Waals surface area contributed by atoms with E-state index in [4.69, 9.17) is 28.8 Å². The second-order valence-corrected chi connectivity index (χ2v) is 19.4. The number of esters is 1. The molecule has 2 unspecified atom stereocenters. The van der Waals surface area contributed by atoms with Crippen LogP contribution in [0.15, 0.2) is 16.1 Å². The molecule has 1 N–H and O–H groups in total. The first kappa shape index (κ1) is 63.6. The number of ether oxygens (including phenoxy) is 3. The van der Waals surface area contributed by atoms with Gasteiger partial charge in [0.05, 0.1) is 32.0 Å². The van der Waals surface area contributed by atoms with E-state index in [9.17, 15) is 33.6 Å². The van der Waals surface area contributed by atoms with Gasteiger partial charge in [-0.2, -0.15) is 0 Å². The zero-order valence-electron chi connectivity index (χ0n) is 39.6. The van der Waals surface area contributed by atoms with Crippen molar-refractivity contribution in [3.63, 3.8) is 0 Å². The minimum absolute atomic E-state index is 0. The second kappa shape index (κ2) is 38.5. The molecule has 1 aliphatic rings. The van der Waals surface area contributed by atoms with Gasteiger partial charge in [-0.1, -0.05) is 160 Å². The molecule has 358 valence electrons. The molecule has 1 fully saturated rings. The quantitative estimate of drug-likeness (QED) is 0.0187. The smallest absolute Gasteiger partial charge is 0.858 e. The molecule has 1 aliphatic heterocycles. The van der Waals surface area contributed by atoms with Crippen LogP contribution in [0.5, 0.6) is 5.88 Å². The van der Waals surface area contributed by atoms with Crippen LogP contribution < -0.4 is 74.8 Å². The molecule has 18 nitrogen and oxygen atoms in total. The van der Waals surface area contributed by atoms with Gasteiger partial charge in [0, 0.05) is 30.6 Å². The summed E-state index contributed by atoms with van der Waals surface area (Å²) < 4.78 is 57.7. The Balaban J connectivity index is 0.0000198. The molecule has 0 saturated carbocycles. The van der Waals surface area contributed by atoms with Gasteiger partial charge >= 0.3 is 78.6 Å². The predicted octanol–water partition coefficient (Wildman–Crippen LogP) is 3.94. The van der Waals surface area contributed by atoms with E-state index in [-0.39, 0.29) is 84.1 Å². The van der Waals surface area contributed by atoms with Gasteiger partial charge in [-0.3, -0.25) is 18.5 Å². The Morgan fingerprint density at radius 3 is 1.89 bits per heavy atom. The van der Waals surface area contributed by atoms with Gasteiger partial charge in [0.2, 0.25) is 0 Å². The summed E-state index contributed by atoms with van der Waals surface area (Å²) >= 11 is 0. The number of nitrogens with zero attached hydrogens (tertiary/aromatic N) is 5. The Morgan fingerprint density at radius 1 is 0.875 bits per heavy atom. The van der Waals surface area contributed by atoms with Crippen LogP contribution in [0.25, 0.3) is 10.4 Å². The molecule has 0 aliphatic carbocycles. The molecule has 0 radical (unpaired) electrons. The maximum atomic E-state index is 12.8. The number of phosphoric ester groups is 2. The van der Waals surface area contributed by atoms with Crippen molar-refractivity contribution in [1.82, 2.24) is 9.55 Å². The van der Waals surface area contributed by atoms with E-state index in [0.717, 1.165) is 49.5 Å². The van der Waals surface area contributed by atoms with Crippen LogP contribution in [0.1, 0.15) is 193 Å². The number of carbonyl (C=O) groups excluding carboxylic acids is 1. The first-order chi connectivity index (χ1) is 29.8. The van der Waals surface area contributed by atoms with Gasteiger partial charge < -0.3 is 33.6 Å². The van der Waals surface area contributed by atoms with E-state index in [2.05, 4.69) is 33.2 Å². The number of aromatic nitrogens is 2. The summed E-state index contributed by atoms with van der Waals surface area (Å²) in [7, 11) is -10.9. The molecular formula is C42H75N5Na2O13P2. The van der Waals surface area contributed by atoms with E-state index in [0.29, 0.717) is 13.0 Å². The predicted molar refractivity (Wildman–Crippen MR) is 232 cm³/mol. The Morgan fingerprint density at radius 2 is 1.38 bits per heavy atom. The number of phosphoric acid groups is 2. The number of hydrogen-bond acceptors (Lipinski definition) is 14. The monoisotopic (exact) mass is 965 g/mol. The van der Waals surface area contributed by atoms with Crippen molar-refractivity contribution in [3.8, 4) is 5.88 Å². The van der Waals surface area contributed by atoms with Crippen molar-refractivity contribution in [1.29, 1.82) is 0 Å². The molecule has 1 saturated heterocycles. The fourth-order valence-electron chi connectivity index (χ4n) is 7.23. The van der Waals surface area contributed by atoms with Gasteiger partial charge in [0.1, 0.15) is 12.3 Å². The summed E-state index contributed by atoms with van der Waals surface area (Å²) in [6.07, 6.45) is 25.7. The summed E-state index contributed by atoms with van der Waals surface area (Å²) in [6.45, 7) is 4.55. The third-order valence-corrected chi connectivity index (χ3v) is 13.4. The van der Waals surface area contributed by atoms with Crippen LogP contribution in [0.4, 0.5) is 0 Å². The SMILES string of the molecule is CCCCCCCCCCCCCCOC[C@H](COP(=O)([O-])OP(=O)(O)OC[C@H]1O[C@@H](n2cc(C)c([O-])nc2=O)C[C@@H]1N=[N+]=[N-])OC(=O)CCCCCCCCCCCCCC.[Na+].[Na+]. The number of rotatable bonds is 39. The molecule has 0 amide bonds. The van der Waals surface area contributed by atoms with E-state index < -0.39 is 70.9 Å². The second-order valence-electron chi connectivity index (χ2n) is 16.4. The molecule has 6 atom stereocenters. The van der Waals surface area contributed by atoms with Crippen LogP contribution in [0.2, 0.25) is 0 Å². The standard InChI is InChI=1S/C42H77N5O13P2.2Na/c1-4-6-8-10-12-14-16-18-20-22-24-26-28-40(48)58-36(32-55-29-27-25-23-21-19-17-15-13-11-9-7-5-2)33-56-61(51,52)60-62(53,54)57-34-38-37(45-46-43)30-39(59-38)47-31-35(3)41(49)44-42(47)50;;/h31,36-39H,4-30,32-34H2,1-3H3,(H,51,52)(H,53,54)(H,44,49,50);;/q;2*+1/p-2/t36-,37+,38-,39-;;/m1../s1. The number of carbonyl (C=O) groups is 1. The van der Waals surface area contributed by atoms with Crippen molar-refractivity contribution >= 4 is 21.6 Å². The zero-order valence-corrected chi connectivity index (χ0v) is 45.4. The van der Waals surface area contributed by atoms with Crippen LogP contribution in [-0.2, 0) is 41.5 Å². The molecule has 0 spiro atoms. The molecule has 0 bridgehead atoms. The summed E-state index contributed by atoms with van der Waals surface area (Å²) in [5, 5.41) is 15.3. The number of aryl methyl sites for hydroxylation is 1. The molecule has 2 heterocycles. The van der Waals surface area contributed by atoms with Crippen molar-refractivity contribution < 1.29 is 116 Å². The first-order valence-corrected chi connectivity index (χ1v) is 26.1. The summed E-state index contributed by atoms with van der Waals surface area (Å²) in [5.41, 5.74) is 8.26. The van der Waals surface area contributed by atoms with Crippen molar-refractivity contribution in [2.45, 2.75) is 212 Å². The summed E-state index contributed by atoms with van der Waals surface area (Å²) in [5.74, 6) is -1.26. The first-order valence-electron chi connectivity index (χ1n) is 23.2. The zero-order chi connectivity index (χ0) is 45.5. The van der Waals surface area contributed by atoms with Crippen LogP contribution in [0.3, 0.4) is 0 Å². The Kier molecular flexibility index (Phi) is 38.3. The van der Waals surface area contributed by atoms with Gasteiger partial charge in [-0.25, -0.2) is 18.7 Å². The molecule has 64 heavy (non-hydrogen) atoms. The van der Waals surface area contributed by atoms with E-state index in [1.807, 2.05) is 0 Å². The van der Waals surface area contributed by atoms with Crippen LogP contribution >= 0.6 is 15.6 Å². The van der Waals surface area contributed by atoms with Crippen molar-refractivity contribution in [2.75, 3.05) is 26.4 Å². The molecule has 1 aromatic rings. The molecule has 2 rings (SSSR count). The van der Waals surface area contributed by atoms with Gasteiger partial charge in [0.15, 0.2) is 0 Å². The minimum Gasteiger partial charge on any atom is -0.858 e. The van der Waals surface area contributed by atoms with E-state index in [1.54, 1.807) is 0 Å². The van der Waals surface area contributed by atoms with Gasteiger partial charge in [-0.15, -0.1) is 0 Å². The van der Waals surface area contributed by atoms with Crippen molar-refractivity contribution in [2.24, 2.45) is 5.11 Å². The maximum Gasteiger partial charge on any atom is 1.00 e. The van der Waals surface area contributed by atoms with Gasteiger partial charge in [0.25, 0.3) is 7.82 Å². The number of hydrogen-bond donors (Lipinski definition) is 1. The maximum absolute atomic E-state index is 12.8. The molecular weight excluding hydrogens is 890 g/mol. The topological polar surface area (TPSA) is 257 Å². The summed E-state index contributed by atoms with van der Waals surface area (Å²) in [4.78, 5) is 54.3. The third kappa shape index (κ3) is 30.2. The van der Waals surface area contributed by atoms with Crippen LogP contribution in [-0.4, -0.2) is 65.1 Å². The molecule has 22 heteroatoms. The van der Waals surface area contributed by atoms with E-state index in [1.165, 1.54) is 116 Å². The fraction of sp³-hybridized carbons (Fsp3) is 0.881. The molecule has 1 aromatic heterocycles. The average molecular weight is 966 g/mol. The largest absolute Gasteiger partial charge is 1.00 e. The Hall–Kier alpha value is -0.360. The van der Waals surface area contributed by atoms with E-state index >= 15 is 0 Å². The molecule has 0 aromatic carbocycles. The number of unbranched alkanes of at least 4 members (excludes halogenated alkanes) is 22. The van der Waals surface area contributed by atoms with Crippen LogP contribution in [0, 0.1) is 6.92 Å². The van der Waals surface area contributed by atoms with Crippen molar-refractivity contribution in [3.05, 3.63) is 32.7 Å². The third-order valence-electron chi connectivity index (χ3n) is 10.8. The minimum atomic E-state index is -5.54. The van der Waals surface area contributed by atoms with Gasteiger partial charge in [-0.05, 0) is 36.7 Å².